The molecular formula is C24H27NOSi. The van der Waals surface area contributed by atoms with Gasteiger partial charge in [0, 0.05) is 22.5 Å². The quantitative estimate of drug-likeness (QED) is 0.387. The molecule has 0 saturated carbocycles. The third-order valence-electron chi connectivity index (χ3n) is 5.10. The molecule has 0 saturated heterocycles. The number of furan rings is 1. The minimum absolute atomic E-state index is 0.635. The van der Waals surface area contributed by atoms with Gasteiger partial charge in [0.05, 0.1) is 13.8 Å². The fourth-order valence-electron chi connectivity index (χ4n) is 3.82. The molecule has 0 N–H and O–H groups in total. The van der Waals surface area contributed by atoms with Crippen molar-refractivity contribution < 1.29 is 4.42 Å². The van der Waals surface area contributed by atoms with E-state index >= 15 is 0 Å². The Kier molecular flexibility index (Phi) is 4.43. The summed E-state index contributed by atoms with van der Waals surface area (Å²) in [6.07, 6.45) is 3.24. The van der Waals surface area contributed by atoms with E-state index in [9.17, 15) is 0 Å². The first-order valence-corrected chi connectivity index (χ1v) is 13.2. The van der Waals surface area contributed by atoms with Crippen LogP contribution in [0.25, 0.3) is 33.2 Å². The Bertz CT molecular complexity index is 1120. The van der Waals surface area contributed by atoms with Crippen LogP contribution in [0.4, 0.5) is 0 Å². The second kappa shape index (κ2) is 6.65. The second-order valence-electron chi connectivity index (χ2n) is 8.88. The fraction of sp³-hybridized carbons (Fsp3) is 0.292. The molecule has 2 aromatic heterocycles. The van der Waals surface area contributed by atoms with E-state index in [1.54, 1.807) is 0 Å². The van der Waals surface area contributed by atoms with E-state index < -0.39 is 8.07 Å². The lowest BCUT2D eigenvalue weighted by Crippen LogP contribution is -2.40. The first-order chi connectivity index (χ1) is 12.8. The summed E-state index contributed by atoms with van der Waals surface area (Å²) in [5, 5.41) is 3.80. The van der Waals surface area contributed by atoms with Crippen molar-refractivity contribution in [3.63, 3.8) is 0 Å². The first kappa shape index (κ1) is 18.0. The third kappa shape index (κ3) is 3.44. The van der Waals surface area contributed by atoms with E-state index in [1.807, 2.05) is 12.1 Å². The van der Waals surface area contributed by atoms with Gasteiger partial charge in [-0.05, 0) is 53.4 Å². The van der Waals surface area contributed by atoms with Crippen molar-refractivity contribution in [2.45, 2.75) is 39.9 Å². The van der Waals surface area contributed by atoms with Crippen molar-refractivity contribution in [3.8, 4) is 11.3 Å². The molecule has 0 aliphatic heterocycles. The van der Waals surface area contributed by atoms with Crippen LogP contribution in [0.1, 0.15) is 19.4 Å². The summed E-state index contributed by atoms with van der Waals surface area (Å²) in [4.78, 5) is 4.86. The highest BCUT2D eigenvalue weighted by Crippen LogP contribution is 2.32. The Balaban J connectivity index is 1.86. The summed E-state index contributed by atoms with van der Waals surface area (Å²) in [5.41, 5.74) is 5.54. The third-order valence-corrected chi connectivity index (χ3v) is 7.16. The maximum atomic E-state index is 5.97. The number of nitrogens with zero attached hydrogens (tertiary/aromatic N) is 1. The topological polar surface area (TPSA) is 26.0 Å². The van der Waals surface area contributed by atoms with Crippen LogP contribution < -0.4 is 5.19 Å². The molecule has 0 fully saturated rings. The van der Waals surface area contributed by atoms with E-state index in [4.69, 9.17) is 9.40 Å². The van der Waals surface area contributed by atoms with Gasteiger partial charge < -0.3 is 4.42 Å². The predicted octanol–water partition coefficient (Wildman–Crippen LogP) is 6.39. The van der Waals surface area contributed by atoms with Crippen LogP contribution in [-0.2, 0) is 6.42 Å². The zero-order chi connectivity index (χ0) is 19.2. The summed E-state index contributed by atoms with van der Waals surface area (Å²) in [6.45, 7) is 11.8. The Morgan fingerprint density at radius 2 is 1.67 bits per heavy atom. The van der Waals surface area contributed by atoms with Gasteiger partial charge in [0.25, 0.3) is 0 Å². The average molecular weight is 374 g/mol. The standard InChI is InChI=1S/C24H27NOSi/c1-16(2)12-18-14-21(25-15-24(18)27(3,4)5)17-10-11-23-20(13-17)19-8-6-7-9-22(19)26-23/h6-11,13-16H,12H2,1-5H3. The molecule has 0 bridgehead atoms. The Hall–Kier alpha value is -2.39. The lowest BCUT2D eigenvalue weighted by atomic mass is 10.0. The largest absolute Gasteiger partial charge is 0.456 e. The molecule has 138 valence electrons. The Labute approximate surface area is 162 Å². The van der Waals surface area contributed by atoms with Crippen molar-refractivity contribution in [1.29, 1.82) is 0 Å². The van der Waals surface area contributed by atoms with E-state index in [0.717, 1.165) is 39.6 Å². The van der Waals surface area contributed by atoms with E-state index in [0.29, 0.717) is 5.92 Å². The minimum Gasteiger partial charge on any atom is -0.456 e. The van der Waals surface area contributed by atoms with E-state index in [-0.39, 0.29) is 0 Å². The number of hydrogen-bond acceptors (Lipinski definition) is 2. The lowest BCUT2D eigenvalue weighted by Gasteiger charge is -2.22. The van der Waals surface area contributed by atoms with Crippen LogP contribution in [-0.4, -0.2) is 13.1 Å². The molecule has 2 aromatic carbocycles. The van der Waals surface area contributed by atoms with Gasteiger partial charge in [0.1, 0.15) is 11.2 Å². The molecular weight excluding hydrogens is 346 g/mol. The van der Waals surface area contributed by atoms with Crippen molar-refractivity contribution in [2.24, 2.45) is 5.92 Å². The minimum atomic E-state index is -1.42. The summed E-state index contributed by atoms with van der Waals surface area (Å²) in [7, 11) is -1.42. The van der Waals surface area contributed by atoms with Crippen molar-refractivity contribution >= 4 is 35.2 Å². The molecule has 0 aliphatic carbocycles. The Morgan fingerprint density at radius 3 is 2.41 bits per heavy atom. The van der Waals surface area contributed by atoms with Gasteiger partial charge in [-0.3, -0.25) is 4.98 Å². The Morgan fingerprint density at radius 1 is 0.926 bits per heavy atom. The van der Waals surface area contributed by atoms with Crippen molar-refractivity contribution in [3.05, 3.63) is 60.3 Å². The molecule has 4 rings (SSSR count). The van der Waals surface area contributed by atoms with Crippen LogP contribution in [0, 0.1) is 5.92 Å². The highest BCUT2D eigenvalue weighted by atomic mass is 28.3. The van der Waals surface area contributed by atoms with E-state index in [2.05, 4.69) is 76.1 Å². The van der Waals surface area contributed by atoms with Gasteiger partial charge in [-0.25, -0.2) is 0 Å². The monoisotopic (exact) mass is 373 g/mol. The number of benzene rings is 2. The molecule has 0 amide bonds. The molecule has 4 aromatic rings. The molecule has 2 heterocycles. The number of para-hydroxylation sites is 1. The van der Waals surface area contributed by atoms with Crippen LogP contribution in [0.5, 0.6) is 0 Å². The van der Waals surface area contributed by atoms with Crippen LogP contribution in [0.3, 0.4) is 0 Å². The maximum Gasteiger partial charge on any atom is 0.135 e. The fourth-order valence-corrected chi connectivity index (χ4v) is 5.41. The zero-order valence-electron chi connectivity index (χ0n) is 16.8. The van der Waals surface area contributed by atoms with Crippen LogP contribution >= 0.6 is 0 Å². The smallest absolute Gasteiger partial charge is 0.135 e. The normalized spacial score (nSPS) is 12.4. The van der Waals surface area contributed by atoms with Crippen molar-refractivity contribution in [2.75, 3.05) is 0 Å². The van der Waals surface area contributed by atoms with Gasteiger partial charge in [0.2, 0.25) is 0 Å². The number of aromatic nitrogens is 1. The number of rotatable bonds is 4. The summed E-state index contributed by atoms with van der Waals surface area (Å²) in [5.74, 6) is 0.635. The molecule has 3 heteroatoms. The van der Waals surface area contributed by atoms with Gasteiger partial charge >= 0.3 is 0 Å². The molecule has 2 nitrogen and oxygen atoms in total. The van der Waals surface area contributed by atoms with Gasteiger partial charge in [-0.1, -0.05) is 51.7 Å². The molecule has 27 heavy (non-hydrogen) atoms. The maximum absolute atomic E-state index is 5.97. The summed E-state index contributed by atoms with van der Waals surface area (Å²) >= 11 is 0. The van der Waals surface area contributed by atoms with E-state index in [1.165, 1.54) is 10.8 Å². The highest BCUT2D eigenvalue weighted by Gasteiger charge is 2.22. The van der Waals surface area contributed by atoms with Gasteiger partial charge in [-0.15, -0.1) is 0 Å². The van der Waals surface area contributed by atoms with Gasteiger partial charge in [0.15, 0.2) is 0 Å². The molecule has 0 aliphatic rings. The second-order valence-corrected chi connectivity index (χ2v) is 13.9. The predicted molar refractivity (Wildman–Crippen MR) is 118 cm³/mol. The highest BCUT2D eigenvalue weighted by molar-refractivity contribution is 6.89. The number of hydrogen-bond donors (Lipinski definition) is 0. The lowest BCUT2D eigenvalue weighted by molar-refractivity contribution is 0.649. The SMILES string of the molecule is CC(C)Cc1cc(-c2ccc3oc4ccccc4c3c2)ncc1[Si](C)(C)C. The molecule has 0 unspecified atom stereocenters. The number of fused-ring (bicyclic) bond motifs is 3. The number of pyridine rings is 1. The zero-order valence-corrected chi connectivity index (χ0v) is 17.8. The van der Waals surface area contributed by atoms with Gasteiger partial charge in [-0.2, -0.15) is 0 Å². The van der Waals surface area contributed by atoms with Crippen LogP contribution in [0.15, 0.2) is 59.1 Å². The molecule has 0 radical (unpaired) electrons. The average Bonchev–Trinajstić information content (AvgIpc) is 2.98. The summed E-state index contributed by atoms with van der Waals surface area (Å²) < 4.78 is 5.97. The summed E-state index contributed by atoms with van der Waals surface area (Å²) in [6, 6.07) is 17.0. The molecule has 0 atom stereocenters. The molecule has 0 spiro atoms. The van der Waals surface area contributed by atoms with Crippen LogP contribution in [0.2, 0.25) is 19.6 Å². The van der Waals surface area contributed by atoms with Crippen molar-refractivity contribution in [1.82, 2.24) is 4.98 Å². The first-order valence-electron chi connectivity index (χ1n) is 9.74.